The van der Waals surface area contributed by atoms with Crippen molar-refractivity contribution >= 4 is 11.9 Å². The van der Waals surface area contributed by atoms with Crippen LogP contribution in [0.15, 0.2) is 55.1 Å². The zero-order chi connectivity index (χ0) is 18.5. The summed E-state index contributed by atoms with van der Waals surface area (Å²) >= 11 is 0. The average Bonchev–Trinajstić information content (AvgIpc) is 2.58. The topological polar surface area (TPSA) is 55.4 Å². The normalized spacial score (nSPS) is 10.8. The SMILES string of the molecule is C=CC(=O)NCCCC=CC(=O)OCC[N+](C)(C)Cc1ccccc1.[Cl-]. The van der Waals surface area contributed by atoms with Gasteiger partial charge in [0.25, 0.3) is 0 Å². The van der Waals surface area contributed by atoms with Gasteiger partial charge in [-0.1, -0.05) is 43.0 Å². The second-order valence-corrected chi connectivity index (χ2v) is 6.51. The number of quaternary nitrogens is 1. The zero-order valence-electron chi connectivity index (χ0n) is 15.6. The van der Waals surface area contributed by atoms with Crippen molar-refractivity contribution in [3.63, 3.8) is 0 Å². The number of rotatable bonds is 11. The number of nitrogens with one attached hydrogen (secondary N) is 1. The molecule has 5 nitrogen and oxygen atoms in total. The van der Waals surface area contributed by atoms with Crippen molar-refractivity contribution in [2.24, 2.45) is 0 Å². The Kier molecular flexibility index (Phi) is 12.1. The molecular formula is C20H29ClN2O3. The minimum atomic E-state index is -0.324. The fourth-order valence-electron chi connectivity index (χ4n) is 2.28. The molecule has 0 atom stereocenters. The van der Waals surface area contributed by atoms with Gasteiger partial charge in [-0.2, -0.15) is 0 Å². The number of nitrogens with zero attached hydrogens (tertiary/aromatic N) is 1. The molecule has 1 amide bonds. The van der Waals surface area contributed by atoms with Gasteiger partial charge >= 0.3 is 5.97 Å². The number of hydrogen-bond donors (Lipinski definition) is 1. The number of likely N-dealkylation sites (N-methyl/N-ethyl adjacent to an activating group) is 1. The van der Waals surface area contributed by atoms with Gasteiger partial charge < -0.3 is 26.9 Å². The molecule has 0 radical (unpaired) electrons. The number of halogens is 1. The first kappa shape index (κ1) is 23.9. The summed E-state index contributed by atoms with van der Waals surface area (Å²) in [7, 11) is 4.24. The third-order valence-electron chi connectivity index (χ3n) is 3.68. The van der Waals surface area contributed by atoms with Gasteiger partial charge in [0, 0.05) is 18.2 Å². The van der Waals surface area contributed by atoms with Gasteiger partial charge in [-0.25, -0.2) is 4.79 Å². The number of amides is 1. The molecule has 0 aromatic heterocycles. The highest BCUT2D eigenvalue weighted by atomic mass is 35.5. The van der Waals surface area contributed by atoms with E-state index in [1.54, 1.807) is 6.08 Å². The fourth-order valence-corrected chi connectivity index (χ4v) is 2.28. The Morgan fingerprint density at radius 1 is 1.23 bits per heavy atom. The Morgan fingerprint density at radius 2 is 1.92 bits per heavy atom. The minimum Gasteiger partial charge on any atom is -1.00 e. The van der Waals surface area contributed by atoms with Crippen molar-refractivity contribution in [2.45, 2.75) is 19.4 Å². The number of benzene rings is 1. The van der Waals surface area contributed by atoms with Gasteiger partial charge in [-0.05, 0) is 18.9 Å². The highest BCUT2D eigenvalue weighted by molar-refractivity contribution is 5.86. The summed E-state index contributed by atoms with van der Waals surface area (Å²) in [5.74, 6) is -0.505. The molecular weight excluding hydrogens is 352 g/mol. The minimum absolute atomic E-state index is 0. The first-order chi connectivity index (χ1) is 11.9. The molecule has 0 aliphatic rings. The van der Waals surface area contributed by atoms with E-state index in [4.69, 9.17) is 4.74 Å². The van der Waals surface area contributed by atoms with E-state index in [0.29, 0.717) is 19.6 Å². The van der Waals surface area contributed by atoms with E-state index < -0.39 is 0 Å². The summed E-state index contributed by atoms with van der Waals surface area (Å²) in [4.78, 5) is 22.6. The molecule has 0 saturated carbocycles. The standard InChI is InChI=1S/C20H28N2O3.ClH/c1-4-19(23)21-14-10-6-9-13-20(24)25-16-15-22(2,3)17-18-11-7-5-8-12-18;/h4-5,7-9,11-13H,1,6,10,14-17H2,2-3H3;1H. The number of ether oxygens (including phenoxy) is 1. The molecule has 0 heterocycles. The molecule has 0 aliphatic carbocycles. The summed E-state index contributed by atoms with van der Waals surface area (Å²) in [5.41, 5.74) is 1.27. The van der Waals surface area contributed by atoms with Gasteiger partial charge in [-0.3, -0.25) is 4.79 Å². The van der Waals surface area contributed by atoms with Crippen LogP contribution in [0.1, 0.15) is 18.4 Å². The number of carbonyl (C=O) groups is 2. The summed E-state index contributed by atoms with van der Waals surface area (Å²) in [5, 5.41) is 2.68. The summed E-state index contributed by atoms with van der Waals surface area (Å²) in [6.45, 7) is 5.98. The summed E-state index contributed by atoms with van der Waals surface area (Å²) in [6.07, 6.45) is 5.94. The maximum Gasteiger partial charge on any atom is 0.330 e. The van der Waals surface area contributed by atoms with Crippen molar-refractivity contribution in [3.05, 3.63) is 60.7 Å². The predicted molar refractivity (Wildman–Crippen MR) is 99.7 cm³/mol. The fraction of sp³-hybridized carbons (Fsp3) is 0.400. The van der Waals surface area contributed by atoms with E-state index in [9.17, 15) is 9.59 Å². The molecule has 6 heteroatoms. The third-order valence-corrected chi connectivity index (χ3v) is 3.68. The van der Waals surface area contributed by atoms with E-state index in [1.807, 2.05) is 18.2 Å². The van der Waals surface area contributed by atoms with E-state index in [-0.39, 0.29) is 24.3 Å². The molecule has 1 aromatic rings. The first-order valence-electron chi connectivity index (χ1n) is 8.52. The smallest absolute Gasteiger partial charge is 0.330 e. The number of carbonyl (C=O) groups excluding carboxylic acids is 2. The molecule has 144 valence electrons. The zero-order valence-corrected chi connectivity index (χ0v) is 16.4. The number of hydrogen-bond acceptors (Lipinski definition) is 3. The molecule has 0 fully saturated rings. The Hall–Kier alpha value is -2.11. The summed E-state index contributed by atoms with van der Waals surface area (Å²) in [6, 6.07) is 10.3. The quantitative estimate of drug-likeness (QED) is 0.242. The molecule has 0 unspecified atom stereocenters. The Balaban J connectivity index is 0.00000625. The number of unbranched alkanes of at least 4 members (excludes halogenated alkanes) is 1. The van der Waals surface area contributed by atoms with Crippen LogP contribution in [0, 0.1) is 0 Å². The van der Waals surface area contributed by atoms with Gasteiger partial charge in [0.05, 0.1) is 14.1 Å². The van der Waals surface area contributed by atoms with Crippen LogP contribution in [-0.2, 0) is 20.9 Å². The maximum atomic E-state index is 11.7. The lowest BCUT2D eigenvalue weighted by Crippen LogP contribution is -3.00. The van der Waals surface area contributed by atoms with Crippen molar-refractivity contribution in [1.29, 1.82) is 0 Å². The number of esters is 1. The number of allylic oxidation sites excluding steroid dienone is 1. The van der Waals surface area contributed by atoms with E-state index >= 15 is 0 Å². The van der Waals surface area contributed by atoms with Crippen LogP contribution in [0.3, 0.4) is 0 Å². The lowest BCUT2D eigenvalue weighted by atomic mass is 10.2. The molecule has 0 aliphatic heterocycles. The Morgan fingerprint density at radius 3 is 2.58 bits per heavy atom. The highest BCUT2D eigenvalue weighted by Gasteiger charge is 2.16. The molecule has 1 N–H and O–H groups in total. The van der Waals surface area contributed by atoms with Crippen LogP contribution in [0.2, 0.25) is 0 Å². The van der Waals surface area contributed by atoms with Crippen molar-refractivity contribution < 1.29 is 31.2 Å². The molecule has 0 saturated heterocycles. The molecule has 1 rings (SSSR count). The monoisotopic (exact) mass is 380 g/mol. The first-order valence-corrected chi connectivity index (χ1v) is 8.52. The van der Waals surface area contributed by atoms with Crippen LogP contribution in [0.25, 0.3) is 0 Å². The molecule has 26 heavy (non-hydrogen) atoms. The van der Waals surface area contributed by atoms with Crippen LogP contribution in [-0.4, -0.2) is 50.2 Å². The molecule has 0 bridgehead atoms. The van der Waals surface area contributed by atoms with Gasteiger partial charge in [0.2, 0.25) is 5.91 Å². The highest BCUT2D eigenvalue weighted by Crippen LogP contribution is 2.08. The lowest BCUT2D eigenvalue weighted by molar-refractivity contribution is -0.903. The molecule has 0 spiro atoms. The second kappa shape index (κ2) is 13.1. The van der Waals surface area contributed by atoms with Crippen molar-refractivity contribution in [1.82, 2.24) is 5.32 Å². The van der Waals surface area contributed by atoms with E-state index in [1.165, 1.54) is 17.7 Å². The largest absolute Gasteiger partial charge is 1.00 e. The van der Waals surface area contributed by atoms with Crippen molar-refractivity contribution in [2.75, 3.05) is 33.8 Å². The van der Waals surface area contributed by atoms with Crippen LogP contribution < -0.4 is 17.7 Å². The van der Waals surface area contributed by atoms with Crippen molar-refractivity contribution in [3.8, 4) is 0 Å². The average molecular weight is 381 g/mol. The van der Waals surface area contributed by atoms with E-state index in [0.717, 1.165) is 24.0 Å². The van der Waals surface area contributed by atoms with Crippen LogP contribution in [0.4, 0.5) is 0 Å². The van der Waals surface area contributed by atoms with E-state index in [2.05, 4.69) is 38.1 Å². The Bertz CT molecular complexity index is 586. The maximum absolute atomic E-state index is 11.7. The van der Waals surface area contributed by atoms with Crippen LogP contribution >= 0.6 is 0 Å². The van der Waals surface area contributed by atoms with Gasteiger partial charge in [-0.15, -0.1) is 0 Å². The van der Waals surface area contributed by atoms with Gasteiger partial charge in [0.15, 0.2) is 0 Å². The second-order valence-electron chi connectivity index (χ2n) is 6.51. The Labute approximate surface area is 162 Å². The van der Waals surface area contributed by atoms with Gasteiger partial charge in [0.1, 0.15) is 19.7 Å². The van der Waals surface area contributed by atoms with Crippen LogP contribution in [0.5, 0.6) is 0 Å². The predicted octanol–water partition coefficient (Wildman–Crippen LogP) is -0.551. The lowest BCUT2D eigenvalue weighted by Gasteiger charge is -2.29. The summed E-state index contributed by atoms with van der Waals surface area (Å²) < 4.78 is 6.01. The third kappa shape index (κ3) is 11.4. The molecule has 1 aromatic carbocycles.